The average Bonchev–Trinajstić information content (AvgIpc) is 3.13. The van der Waals surface area contributed by atoms with Crippen molar-refractivity contribution in [3.63, 3.8) is 0 Å². The van der Waals surface area contributed by atoms with E-state index >= 15 is 0 Å². The van der Waals surface area contributed by atoms with Gasteiger partial charge in [-0.25, -0.2) is 9.97 Å². The Labute approximate surface area is 141 Å². The zero-order chi connectivity index (χ0) is 15.1. The molecule has 0 aliphatic heterocycles. The maximum absolute atomic E-state index is 5.67. The summed E-state index contributed by atoms with van der Waals surface area (Å²) in [7, 11) is 1.99. The molecule has 0 saturated heterocycles. The lowest BCUT2D eigenvalue weighted by Crippen LogP contribution is -1.92. The average molecular weight is 401 g/mol. The van der Waals surface area contributed by atoms with Gasteiger partial charge >= 0.3 is 0 Å². The minimum absolute atomic E-state index is 0.618. The summed E-state index contributed by atoms with van der Waals surface area (Å²) in [6, 6.07) is 16.1. The first-order valence-corrected chi connectivity index (χ1v) is 7.94. The molecule has 5 heteroatoms. The smallest absolute Gasteiger partial charge is 0.227 e. The molecule has 0 N–H and O–H groups in total. The number of rotatable bonds is 2. The lowest BCUT2D eigenvalue weighted by Gasteiger charge is -1.98. The van der Waals surface area contributed by atoms with E-state index in [1.165, 1.54) is 0 Å². The van der Waals surface area contributed by atoms with Gasteiger partial charge in [-0.3, -0.25) is 0 Å². The summed E-state index contributed by atoms with van der Waals surface area (Å²) >= 11 is 2.29. The largest absolute Gasteiger partial charge is 0.444 e. The highest BCUT2D eigenvalue weighted by atomic mass is 127. The Morgan fingerprint density at radius 1 is 1.00 bits per heavy atom. The third kappa shape index (κ3) is 2.12. The van der Waals surface area contributed by atoms with Crippen LogP contribution in [0, 0.1) is 3.57 Å². The number of benzene rings is 2. The Kier molecular flexibility index (Phi) is 3.22. The van der Waals surface area contributed by atoms with Crippen LogP contribution in [0.5, 0.6) is 0 Å². The van der Waals surface area contributed by atoms with Gasteiger partial charge in [-0.1, -0.05) is 24.3 Å². The molecule has 2 aromatic carbocycles. The normalized spacial score (nSPS) is 11.2. The maximum atomic E-state index is 5.67. The van der Waals surface area contributed by atoms with Crippen molar-refractivity contribution in [2.45, 2.75) is 0 Å². The van der Waals surface area contributed by atoms with Gasteiger partial charge in [-0.2, -0.15) is 0 Å². The van der Waals surface area contributed by atoms with Gasteiger partial charge in [0.25, 0.3) is 0 Å². The molecule has 22 heavy (non-hydrogen) atoms. The molecule has 4 nitrogen and oxygen atoms in total. The molecule has 0 aliphatic rings. The zero-order valence-corrected chi connectivity index (χ0v) is 14.0. The van der Waals surface area contributed by atoms with Gasteiger partial charge in [-0.15, -0.1) is 0 Å². The molecule has 4 rings (SSSR count). The van der Waals surface area contributed by atoms with E-state index in [4.69, 9.17) is 4.42 Å². The first kappa shape index (κ1) is 13.5. The predicted molar refractivity (Wildman–Crippen MR) is 94.4 cm³/mol. The molecule has 2 aromatic heterocycles. The van der Waals surface area contributed by atoms with Crippen molar-refractivity contribution in [3.05, 3.63) is 58.4 Å². The number of fused-ring (bicyclic) bond motifs is 1. The Balaban J connectivity index is 1.84. The van der Waals surface area contributed by atoms with Crippen molar-refractivity contribution < 1.29 is 4.42 Å². The van der Waals surface area contributed by atoms with Gasteiger partial charge in [0.05, 0.1) is 16.6 Å². The van der Waals surface area contributed by atoms with Crippen molar-refractivity contribution >= 4 is 33.6 Å². The summed E-state index contributed by atoms with van der Waals surface area (Å²) in [5.74, 6) is 1.43. The second-order valence-corrected chi connectivity index (χ2v) is 6.16. The van der Waals surface area contributed by atoms with E-state index in [0.29, 0.717) is 5.89 Å². The number of imidazole rings is 1. The van der Waals surface area contributed by atoms with Crippen LogP contribution in [0.1, 0.15) is 0 Å². The van der Waals surface area contributed by atoms with Crippen LogP contribution >= 0.6 is 22.6 Å². The number of oxazole rings is 1. The summed E-state index contributed by atoms with van der Waals surface area (Å²) in [5, 5.41) is 0. The molecule has 108 valence electrons. The van der Waals surface area contributed by atoms with E-state index in [9.17, 15) is 0 Å². The van der Waals surface area contributed by atoms with Crippen LogP contribution in [0.15, 0.2) is 59.2 Å². The number of aryl methyl sites for hydroxylation is 1. The van der Waals surface area contributed by atoms with Gasteiger partial charge in [0, 0.05) is 10.6 Å². The van der Waals surface area contributed by atoms with Crippen LogP contribution in [0.4, 0.5) is 0 Å². The quantitative estimate of drug-likeness (QED) is 0.465. The van der Waals surface area contributed by atoms with E-state index < -0.39 is 0 Å². The van der Waals surface area contributed by atoms with Crippen molar-refractivity contribution in [1.82, 2.24) is 14.5 Å². The predicted octanol–water partition coefficient (Wildman–Crippen LogP) is 4.50. The third-order valence-electron chi connectivity index (χ3n) is 3.62. The van der Waals surface area contributed by atoms with Gasteiger partial charge in [0.1, 0.15) is 12.0 Å². The zero-order valence-electron chi connectivity index (χ0n) is 11.8. The molecule has 0 fully saturated rings. The summed E-state index contributed by atoms with van der Waals surface area (Å²) < 4.78 is 8.81. The molecular formula is C17H12IN3O. The van der Waals surface area contributed by atoms with Gasteiger partial charge < -0.3 is 8.98 Å². The fraction of sp³-hybridized carbons (Fsp3) is 0.0588. The van der Waals surface area contributed by atoms with E-state index in [0.717, 1.165) is 31.7 Å². The molecule has 0 amide bonds. The fourth-order valence-electron chi connectivity index (χ4n) is 2.51. The number of aromatic nitrogens is 3. The highest BCUT2D eigenvalue weighted by Crippen LogP contribution is 2.28. The first-order valence-electron chi connectivity index (χ1n) is 6.86. The number of hydrogen-bond acceptors (Lipinski definition) is 3. The van der Waals surface area contributed by atoms with E-state index in [-0.39, 0.29) is 0 Å². The van der Waals surface area contributed by atoms with Crippen LogP contribution < -0.4 is 0 Å². The SMILES string of the molecule is Cn1c(-c2coc(-c3ccccc3I)n2)nc2ccccc21. The molecule has 0 aliphatic carbocycles. The van der Waals surface area contributed by atoms with Crippen LogP contribution in [0.25, 0.3) is 34.0 Å². The van der Waals surface area contributed by atoms with Crippen LogP contribution in [0.2, 0.25) is 0 Å². The lowest BCUT2D eigenvalue weighted by atomic mass is 10.2. The minimum atomic E-state index is 0.618. The highest BCUT2D eigenvalue weighted by molar-refractivity contribution is 14.1. The lowest BCUT2D eigenvalue weighted by molar-refractivity contribution is 0.574. The molecule has 0 unspecified atom stereocenters. The van der Waals surface area contributed by atoms with Crippen LogP contribution in [-0.4, -0.2) is 14.5 Å². The van der Waals surface area contributed by atoms with Gasteiger partial charge in [0.15, 0.2) is 5.82 Å². The van der Waals surface area contributed by atoms with E-state index in [1.54, 1.807) is 6.26 Å². The fourth-order valence-corrected chi connectivity index (χ4v) is 3.13. The second-order valence-electron chi connectivity index (χ2n) is 5.00. The molecular weight excluding hydrogens is 389 g/mol. The Morgan fingerprint density at radius 2 is 1.77 bits per heavy atom. The molecule has 0 radical (unpaired) electrons. The van der Waals surface area contributed by atoms with Crippen molar-refractivity contribution in [3.8, 4) is 23.0 Å². The van der Waals surface area contributed by atoms with E-state index in [2.05, 4.69) is 32.6 Å². The third-order valence-corrected chi connectivity index (χ3v) is 4.57. The molecule has 2 heterocycles. The topological polar surface area (TPSA) is 43.9 Å². The summed E-state index contributed by atoms with van der Waals surface area (Å²) in [4.78, 5) is 9.26. The summed E-state index contributed by atoms with van der Waals surface area (Å²) in [6.07, 6.45) is 1.67. The van der Waals surface area contributed by atoms with Gasteiger partial charge in [-0.05, 0) is 46.9 Å². The molecule has 0 atom stereocenters. The summed E-state index contributed by atoms with van der Waals surface area (Å²) in [6.45, 7) is 0. The molecule has 0 spiro atoms. The minimum Gasteiger partial charge on any atom is -0.444 e. The Bertz CT molecular complexity index is 971. The first-order chi connectivity index (χ1) is 10.7. The number of halogens is 1. The van der Waals surface area contributed by atoms with Crippen molar-refractivity contribution in [2.75, 3.05) is 0 Å². The maximum Gasteiger partial charge on any atom is 0.227 e. The van der Waals surface area contributed by atoms with Crippen molar-refractivity contribution in [1.29, 1.82) is 0 Å². The van der Waals surface area contributed by atoms with Gasteiger partial charge in [0.2, 0.25) is 5.89 Å². The molecule has 0 saturated carbocycles. The molecule has 0 bridgehead atoms. The standard InChI is InChI=1S/C17H12IN3O/c1-21-15-9-5-4-8-13(15)19-16(21)14-10-22-17(20-14)11-6-2-3-7-12(11)18/h2-10H,1H3. The number of hydrogen-bond donors (Lipinski definition) is 0. The highest BCUT2D eigenvalue weighted by Gasteiger charge is 2.15. The number of para-hydroxylation sites is 2. The number of nitrogens with zero attached hydrogens (tertiary/aromatic N) is 3. The van der Waals surface area contributed by atoms with Crippen LogP contribution in [-0.2, 0) is 7.05 Å². The second kappa shape index (κ2) is 5.24. The van der Waals surface area contributed by atoms with Crippen LogP contribution in [0.3, 0.4) is 0 Å². The Morgan fingerprint density at radius 3 is 2.59 bits per heavy atom. The monoisotopic (exact) mass is 401 g/mol. The Hall–Kier alpha value is -2.15. The summed E-state index contributed by atoms with van der Waals surface area (Å²) in [5.41, 5.74) is 3.77. The van der Waals surface area contributed by atoms with E-state index in [1.807, 2.05) is 60.1 Å². The molecule has 4 aromatic rings. The van der Waals surface area contributed by atoms with Crippen molar-refractivity contribution in [2.24, 2.45) is 7.05 Å².